The molecule has 3 aliphatic rings. The number of aliphatic hydroxyl groups is 3. The van der Waals surface area contributed by atoms with E-state index in [0.717, 1.165) is 24.0 Å². The Kier molecular flexibility index (Phi) is 17.5. The first-order valence-electron chi connectivity index (χ1n) is 21.9. The second-order valence-corrected chi connectivity index (χ2v) is 16.1. The van der Waals surface area contributed by atoms with Gasteiger partial charge in [-0.15, -0.1) is 6.58 Å². The molecule has 1 amide bonds. The van der Waals surface area contributed by atoms with E-state index < -0.39 is 28.8 Å². The Balaban J connectivity index is 1.56. The lowest BCUT2D eigenvalue weighted by Crippen LogP contribution is -2.70. The summed E-state index contributed by atoms with van der Waals surface area (Å²) in [5, 5.41) is 45.5. The van der Waals surface area contributed by atoms with E-state index in [9.17, 15) is 35.0 Å². The summed E-state index contributed by atoms with van der Waals surface area (Å²) in [6.45, 7) is 3.96. The number of nitrogens with zero attached hydrogens (tertiary/aromatic N) is 3. The maximum atomic E-state index is 14.0. The molecular formula is C48H59N3O14. The molecule has 1 fully saturated rings. The predicted molar refractivity (Wildman–Crippen MR) is 238 cm³/mol. The summed E-state index contributed by atoms with van der Waals surface area (Å²) >= 11 is 0. The second-order valence-electron chi connectivity index (χ2n) is 16.1. The maximum absolute atomic E-state index is 14.0. The highest BCUT2D eigenvalue weighted by Crippen LogP contribution is 2.62. The van der Waals surface area contributed by atoms with Crippen molar-refractivity contribution in [1.82, 2.24) is 4.90 Å². The van der Waals surface area contributed by atoms with Crippen LogP contribution in [0.4, 0.5) is 10.5 Å². The lowest BCUT2D eigenvalue weighted by Gasteiger charge is -2.59. The van der Waals surface area contributed by atoms with Crippen molar-refractivity contribution in [1.29, 1.82) is 0 Å². The summed E-state index contributed by atoms with van der Waals surface area (Å²) in [6, 6.07) is 15.6. The first-order valence-corrected chi connectivity index (χ1v) is 21.9. The fraction of sp³-hybridized carbons (Fsp3) is 0.479. The van der Waals surface area contributed by atoms with Gasteiger partial charge in [-0.3, -0.25) is 19.8 Å². The van der Waals surface area contributed by atoms with Crippen LogP contribution in [0, 0.1) is 27.9 Å². The lowest BCUT2D eigenvalue weighted by atomic mass is 9.55. The number of amides is 1. The number of allylic oxidation sites excluding steroid dienone is 1. The number of hydrogen-bond donors (Lipinski definition) is 3. The summed E-state index contributed by atoms with van der Waals surface area (Å²) in [7, 11) is 2.77. The number of methoxy groups -OCH3 is 2. The Labute approximate surface area is 378 Å². The normalized spacial score (nSPS) is 22.4. The molecule has 2 aliphatic carbocycles. The summed E-state index contributed by atoms with van der Waals surface area (Å²) in [5.74, 6) is -0.955. The highest BCUT2D eigenvalue weighted by Gasteiger charge is 2.65. The van der Waals surface area contributed by atoms with Gasteiger partial charge < -0.3 is 48.6 Å². The average Bonchev–Trinajstić information content (AvgIpc) is 3.32. The largest absolute Gasteiger partial charge is 0.496 e. The number of fused-ring (bicyclic) bond motifs is 2. The SMILES string of the molecule is C=CCOC12Oc3ccc(Oc4ccc(OC)c(C=O)c4)cc3C3C(CCCCO)C(CCCCO)C=C(C(=NOCc4ccc([N+](=O)[O-])cc4)CC1N(CCOCCO)C(=O)OC)C32. The maximum Gasteiger partial charge on any atom is 0.410 e. The number of carbonyl (C=O) groups excluding carboxylic acids is 2. The number of aliphatic hydroxyl groups excluding tert-OH is 3. The van der Waals surface area contributed by atoms with Crippen molar-refractivity contribution in [2.45, 2.75) is 69.3 Å². The molecule has 6 rings (SSSR count). The number of benzene rings is 3. The van der Waals surface area contributed by atoms with Crippen molar-refractivity contribution in [3.8, 4) is 23.0 Å². The van der Waals surface area contributed by atoms with Crippen LogP contribution in [-0.4, -0.2) is 115 Å². The lowest BCUT2D eigenvalue weighted by molar-refractivity contribution is -0.384. The van der Waals surface area contributed by atoms with Crippen LogP contribution in [0.5, 0.6) is 23.0 Å². The summed E-state index contributed by atoms with van der Waals surface area (Å²) < 4.78 is 37.0. The predicted octanol–water partition coefficient (Wildman–Crippen LogP) is 7.12. The van der Waals surface area contributed by atoms with Crippen molar-refractivity contribution in [3.63, 3.8) is 0 Å². The minimum Gasteiger partial charge on any atom is -0.496 e. The van der Waals surface area contributed by atoms with Crippen molar-refractivity contribution in [2.75, 3.05) is 60.4 Å². The van der Waals surface area contributed by atoms with Gasteiger partial charge in [-0.05, 0) is 97.2 Å². The Hall–Kier alpha value is -5.85. The van der Waals surface area contributed by atoms with Gasteiger partial charge in [0.1, 0.15) is 35.6 Å². The van der Waals surface area contributed by atoms with Crippen LogP contribution >= 0.6 is 0 Å². The van der Waals surface area contributed by atoms with Gasteiger partial charge >= 0.3 is 6.09 Å². The first kappa shape index (κ1) is 48.6. The van der Waals surface area contributed by atoms with Gasteiger partial charge in [0.25, 0.3) is 5.69 Å². The zero-order chi connectivity index (χ0) is 46.3. The molecule has 0 bridgehead atoms. The summed E-state index contributed by atoms with van der Waals surface area (Å²) in [4.78, 5) is 44.4. The Bertz CT molecular complexity index is 2160. The number of rotatable bonds is 25. The molecule has 17 heteroatoms. The molecule has 65 heavy (non-hydrogen) atoms. The van der Waals surface area contributed by atoms with Crippen LogP contribution in [0.25, 0.3) is 0 Å². The van der Waals surface area contributed by atoms with Gasteiger partial charge in [0, 0.05) is 49.8 Å². The average molecular weight is 902 g/mol. The third kappa shape index (κ3) is 11.2. The molecule has 0 aromatic heterocycles. The number of ether oxygens (including phenoxy) is 6. The molecule has 350 valence electrons. The molecule has 0 saturated heterocycles. The summed E-state index contributed by atoms with van der Waals surface area (Å²) in [5.41, 5.74) is 3.03. The minimum absolute atomic E-state index is 0.0116. The van der Waals surface area contributed by atoms with Gasteiger partial charge in [0.15, 0.2) is 6.29 Å². The fourth-order valence-corrected chi connectivity index (χ4v) is 9.44. The van der Waals surface area contributed by atoms with Crippen molar-refractivity contribution < 1.29 is 63.1 Å². The quantitative estimate of drug-likeness (QED) is 0.0254. The third-order valence-electron chi connectivity index (χ3n) is 12.3. The van der Waals surface area contributed by atoms with Crippen molar-refractivity contribution in [2.24, 2.45) is 22.9 Å². The van der Waals surface area contributed by atoms with Gasteiger partial charge in [0.05, 0.1) is 62.8 Å². The zero-order valence-corrected chi connectivity index (χ0v) is 36.9. The molecule has 1 saturated carbocycles. The number of non-ortho nitro benzene ring substituents is 1. The Morgan fingerprint density at radius 3 is 2.40 bits per heavy atom. The Morgan fingerprint density at radius 2 is 1.72 bits per heavy atom. The summed E-state index contributed by atoms with van der Waals surface area (Å²) in [6.07, 6.45) is 7.95. The first-order chi connectivity index (χ1) is 31.7. The fourth-order valence-electron chi connectivity index (χ4n) is 9.44. The highest BCUT2D eigenvalue weighted by atomic mass is 16.7. The van der Waals surface area contributed by atoms with Gasteiger partial charge in [-0.1, -0.05) is 30.1 Å². The monoisotopic (exact) mass is 901 g/mol. The molecule has 3 aromatic carbocycles. The van der Waals surface area contributed by atoms with Crippen LogP contribution in [0.3, 0.4) is 0 Å². The molecule has 6 atom stereocenters. The second kappa shape index (κ2) is 23.4. The molecule has 17 nitrogen and oxygen atoms in total. The minimum atomic E-state index is -1.58. The molecule has 0 radical (unpaired) electrons. The smallest absolute Gasteiger partial charge is 0.410 e. The standard InChI is InChI=1S/C48H59N3O14/c1-4-23-62-48-44(50(47(56)60-3)19-24-61-25-22-54)29-41(49-63-31-32-11-13-35(14-12-32)51(57)58)39-27-33(9-5-7-20-52)38(10-6-8-21-53)45(46(39)48)40-28-37(16-18-43(40)65-48)64-36-15-17-42(59-2)34(26-36)30-55/h4,11-18,26-28,30,33,38,44-46,52-54H,1,5-10,19-25,29,31H2,2-3H3. The third-order valence-corrected chi connectivity index (χ3v) is 12.3. The Morgan fingerprint density at radius 1 is 0.985 bits per heavy atom. The van der Waals surface area contributed by atoms with E-state index >= 15 is 0 Å². The van der Waals surface area contributed by atoms with E-state index in [1.165, 1.54) is 31.3 Å². The van der Waals surface area contributed by atoms with Gasteiger partial charge in [0.2, 0.25) is 5.79 Å². The molecule has 1 aliphatic heterocycles. The van der Waals surface area contributed by atoms with E-state index in [2.05, 4.69) is 12.7 Å². The number of aldehydes is 1. The van der Waals surface area contributed by atoms with E-state index in [-0.39, 0.29) is 82.7 Å². The topological polar surface area (TPSA) is 218 Å². The van der Waals surface area contributed by atoms with Crippen LogP contribution < -0.4 is 14.2 Å². The number of nitro benzene ring substituents is 1. The number of carbonyl (C=O) groups is 2. The molecule has 3 aromatic rings. The van der Waals surface area contributed by atoms with Gasteiger partial charge in [-0.2, -0.15) is 0 Å². The number of hydrogen-bond acceptors (Lipinski definition) is 15. The van der Waals surface area contributed by atoms with Gasteiger partial charge in [-0.25, -0.2) is 4.79 Å². The van der Waals surface area contributed by atoms with E-state index in [4.69, 9.17) is 38.4 Å². The molecule has 0 spiro atoms. The highest BCUT2D eigenvalue weighted by molar-refractivity contribution is 6.03. The number of unbranched alkanes of at least 4 members (excludes halogenated alkanes) is 2. The molecular weight excluding hydrogens is 843 g/mol. The molecule has 1 heterocycles. The molecule has 3 N–H and O–H groups in total. The van der Waals surface area contributed by atoms with Crippen molar-refractivity contribution in [3.05, 3.63) is 112 Å². The van der Waals surface area contributed by atoms with Crippen LogP contribution in [-0.2, 0) is 25.7 Å². The van der Waals surface area contributed by atoms with Crippen LogP contribution in [0.1, 0.15) is 72.3 Å². The van der Waals surface area contributed by atoms with Crippen LogP contribution in [0.2, 0.25) is 0 Å². The number of oxime groups is 1. The van der Waals surface area contributed by atoms with Crippen molar-refractivity contribution >= 4 is 23.8 Å². The molecule has 6 unspecified atom stereocenters. The number of nitro groups is 1. The van der Waals surface area contributed by atoms with E-state index in [1.54, 1.807) is 42.5 Å². The van der Waals surface area contributed by atoms with Crippen LogP contribution in [0.15, 0.2) is 90.1 Å². The zero-order valence-electron chi connectivity index (χ0n) is 36.9. The van der Waals surface area contributed by atoms with E-state index in [0.29, 0.717) is 71.8 Å². The van der Waals surface area contributed by atoms with E-state index in [1.807, 2.05) is 12.1 Å².